The second kappa shape index (κ2) is 3.32. The maximum absolute atomic E-state index is 5.64. The predicted octanol–water partition coefficient (Wildman–Crippen LogP) is 2.34. The summed E-state index contributed by atoms with van der Waals surface area (Å²) in [6, 6.07) is 0. The monoisotopic (exact) mass is 175 g/mol. The molecule has 2 rings (SSSR count). The number of nitrogens with two attached hydrogens (primary N) is 1. The van der Waals surface area contributed by atoms with Gasteiger partial charge in [-0.2, -0.15) is 0 Å². The van der Waals surface area contributed by atoms with Crippen molar-refractivity contribution in [2.24, 2.45) is 17.1 Å². The lowest BCUT2D eigenvalue weighted by Gasteiger charge is -2.21. The molecule has 2 aliphatic rings. The van der Waals surface area contributed by atoms with Crippen molar-refractivity contribution >= 4 is 12.4 Å². The Kier molecular flexibility index (Phi) is 2.82. The van der Waals surface area contributed by atoms with Crippen molar-refractivity contribution in [2.75, 3.05) is 6.54 Å². The van der Waals surface area contributed by atoms with Crippen LogP contribution < -0.4 is 5.73 Å². The fourth-order valence-corrected chi connectivity index (χ4v) is 2.63. The Bertz CT molecular complexity index is 130. The average molecular weight is 176 g/mol. The molecule has 1 nitrogen and oxygen atoms in total. The Hall–Kier alpha value is 0.250. The minimum absolute atomic E-state index is 0. The molecule has 0 aromatic carbocycles. The van der Waals surface area contributed by atoms with Crippen molar-refractivity contribution in [3.63, 3.8) is 0 Å². The van der Waals surface area contributed by atoms with Gasteiger partial charge in [0.05, 0.1) is 0 Å². The zero-order valence-electron chi connectivity index (χ0n) is 7.01. The third-order valence-corrected chi connectivity index (χ3v) is 3.49. The molecule has 0 heterocycles. The van der Waals surface area contributed by atoms with E-state index in [4.69, 9.17) is 5.73 Å². The summed E-state index contributed by atoms with van der Waals surface area (Å²) >= 11 is 0. The van der Waals surface area contributed by atoms with Crippen LogP contribution in [0.25, 0.3) is 0 Å². The van der Waals surface area contributed by atoms with E-state index in [0.29, 0.717) is 0 Å². The van der Waals surface area contributed by atoms with Gasteiger partial charge in [0.15, 0.2) is 0 Å². The summed E-state index contributed by atoms with van der Waals surface area (Å²) in [5.41, 5.74) is 6.41. The fourth-order valence-electron chi connectivity index (χ4n) is 2.63. The fraction of sp³-hybridized carbons (Fsp3) is 1.00. The molecule has 66 valence electrons. The standard InChI is InChI=1S/C9H17N.ClH/c10-7-8-6-9(8)4-2-1-3-5-9;/h8H,1-7,10H2;1H. The van der Waals surface area contributed by atoms with E-state index in [0.717, 1.165) is 17.9 Å². The van der Waals surface area contributed by atoms with E-state index in [-0.39, 0.29) is 12.4 Å². The largest absolute Gasteiger partial charge is 0.330 e. The molecule has 0 aromatic heterocycles. The van der Waals surface area contributed by atoms with Gasteiger partial charge in [0.1, 0.15) is 0 Å². The SMILES string of the molecule is Cl.NCC1CC12CCCCC2. The zero-order chi connectivity index (χ0) is 7.03. The van der Waals surface area contributed by atoms with Crippen LogP contribution in [0.4, 0.5) is 0 Å². The minimum atomic E-state index is 0. The van der Waals surface area contributed by atoms with Crippen LogP contribution in [0.5, 0.6) is 0 Å². The van der Waals surface area contributed by atoms with Gasteiger partial charge >= 0.3 is 0 Å². The second-order valence-corrected chi connectivity index (χ2v) is 4.06. The first-order valence-electron chi connectivity index (χ1n) is 4.57. The van der Waals surface area contributed by atoms with E-state index in [1.807, 2.05) is 0 Å². The maximum Gasteiger partial charge on any atom is -0.00433 e. The number of halogens is 1. The van der Waals surface area contributed by atoms with Crippen molar-refractivity contribution in [1.29, 1.82) is 0 Å². The molecule has 0 aromatic rings. The molecule has 0 aliphatic heterocycles. The van der Waals surface area contributed by atoms with Gasteiger partial charge in [0.2, 0.25) is 0 Å². The van der Waals surface area contributed by atoms with E-state index in [1.165, 1.54) is 38.5 Å². The summed E-state index contributed by atoms with van der Waals surface area (Å²) in [5, 5.41) is 0. The van der Waals surface area contributed by atoms with Crippen LogP contribution in [0.2, 0.25) is 0 Å². The summed E-state index contributed by atoms with van der Waals surface area (Å²) in [4.78, 5) is 0. The molecule has 0 bridgehead atoms. The molecular weight excluding hydrogens is 158 g/mol. The van der Waals surface area contributed by atoms with Gasteiger partial charge in [-0.05, 0) is 37.1 Å². The van der Waals surface area contributed by atoms with Gasteiger partial charge in [0.25, 0.3) is 0 Å². The number of hydrogen-bond acceptors (Lipinski definition) is 1. The Morgan fingerprint density at radius 1 is 1.18 bits per heavy atom. The quantitative estimate of drug-likeness (QED) is 0.651. The second-order valence-electron chi connectivity index (χ2n) is 4.06. The smallest absolute Gasteiger partial charge is 0.00433 e. The van der Waals surface area contributed by atoms with Crippen LogP contribution >= 0.6 is 12.4 Å². The molecule has 1 atom stereocenters. The van der Waals surface area contributed by atoms with E-state index >= 15 is 0 Å². The van der Waals surface area contributed by atoms with Crippen LogP contribution in [-0.2, 0) is 0 Å². The van der Waals surface area contributed by atoms with Crippen molar-refractivity contribution in [2.45, 2.75) is 38.5 Å². The van der Waals surface area contributed by atoms with Gasteiger partial charge in [0, 0.05) is 0 Å². The lowest BCUT2D eigenvalue weighted by Crippen LogP contribution is -2.14. The molecule has 2 fully saturated rings. The van der Waals surface area contributed by atoms with Crippen molar-refractivity contribution < 1.29 is 0 Å². The van der Waals surface area contributed by atoms with Crippen molar-refractivity contribution in [3.8, 4) is 0 Å². The number of rotatable bonds is 1. The molecule has 2 N–H and O–H groups in total. The van der Waals surface area contributed by atoms with Crippen LogP contribution in [0, 0.1) is 11.3 Å². The average Bonchev–Trinajstić information content (AvgIpc) is 2.65. The molecule has 2 saturated carbocycles. The summed E-state index contributed by atoms with van der Waals surface area (Å²) in [7, 11) is 0. The Morgan fingerprint density at radius 3 is 2.27 bits per heavy atom. The van der Waals surface area contributed by atoms with Crippen LogP contribution in [0.3, 0.4) is 0 Å². The molecule has 0 amide bonds. The highest BCUT2D eigenvalue weighted by atomic mass is 35.5. The van der Waals surface area contributed by atoms with Crippen molar-refractivity contribution in [3.05, 3.63) is 0 Å². The van der Waals surface area contributed by atoms with Gasteiger partial charge in [-0.25, -0.2) is 0 Å². The molecular formula is C9H18ClN. The summed E-state index contributed by atoms with van der Waals surface area (Å²) in [5.74, 6) is 0.910. The third kappa shape index (κ3) is 1.54. The molecule has 1 spiro atoms. The van der Waals surface area contributed by atoms with Crippen molar-refractivity contribution in [1.82, 2.24) is 0 Å². The Balaban J connectivity index is 0.000000605. The van der Waals surface area contributed by atoms with Gasteiger partial charge < -0.3 is 5.73 Å². The highest BCUT2D eigenvalue weighted by molar-refractivity contribution is 5.85. The minimum Gasteiger partial charge on any atom is -0.330 e. The first kappa shape index (κ1) is 9.34. The summed E-state index contributed by atoms with van der Waals surface area (Å²) < 4.78 is 0. The summed E-state index contributed by atoms with van der Waals surface area (Å²) in [6.45, 7) is 0.944. The van der Waals surface area contributed by atoms with Crippen LogP contribution in [0.15, 0.2) is 0 Å². The lowest BCUT2D eigenvalue weighted by molar-refractivity contribution is 0.309. The first-order valence-corrected chi connectivity index (χ1v) is 4.57. The number of hydrogen-bond donors (Lipinski definition) is 1. The molecule has 11 heavy (non-hydrogen) atoms. The molecule has 2 aliphatic carbocycles. The highest BCUT2D eigenvalue weighted by Gasteiger charge is 2.52. The van der Waals surface area contributed by atoms with Crippen LogP contribution in [0.1, 0.15) is 38.5 Å². The third-order valence-electron chi connectivity index (χ3n) is 3.49. The van der Waals surface area contributed by atoms with E-state index in [1.54, 1.807) is 0 Å². The van der Waals surface area contributed by atoms with Gasteiger partial charge in [-0.1, -0.05) is 19.3 Å². The van der Waals surface area contributed by atoms with E-state index < -0.39 is 0 Å². The molecule has 2 heteroatoms. The Labute approximate surface area is 75.1 Å². The zero-order valence-corrected chi connectivity index (χ0v) is 7.83. The van der Waals surface area contributed by atoms with E-state index in [2.05, 4.69) is 0 Å². The van der Waals surface area contributed by atoms with Crippen LogP contribution in [-0.4, -0.2) is 6.54 Å². The molecule has 0 saturated heterocycles. The topological polar surface area (TPSA) is 26.0 Å². The highest BCUT2D eigenvalue weighted by Crippen LogP contribution is 2.60. The van der Waals surface area contributed by atoms with Gasteiger partial charge in [-0.15, -0.1) is 12.4 Å². The lowest BCUT2D eigenvalue weighted by atomic mass is 9.84. The molecule has 1 unspecified atom stereocenters. The predicted molar refractivity (Wildman–Crippen MR) is 49.9 cm³/mol. The summed E-state index contributed by atoms with van der Waals surface area (Å²) in [6.07, 6.45) is 8.82. The van der Waals surface area contributed by atoms with E-state index in [9.17, 15) is 0 Å². The molecule has 0 radical (unpaired) electrons. The van der Waals surface area contributed by atoms with Gasteiger partial charge in [-0.3, -0.25) is 0 Å². The first-order chi connectivity index (χ1) is 4.87. The Morgan fingerprint density at radius 2 is 1.82 bits per heavy atom. The normalized spacial score (nSPS) is 33.0. The maximum atomic E-state index is 5.64.